The van der Waals surface area contributed by atoms with E-state index in [1.807, 2.05) is 62.4 Å². The first kappa shape index (κ1) is 32.7. The molecule has 0 bridgehead atoms. The van der Waals surface area contributed by atoms with Crippen LogP contribution in [0.1, 0.15) is 44.5 Å². The zero-order valence-electron chi connectivity index (χ0n) is 29.8. The second-order valence-electron chi connectivity index (χ2n) is 13.6. The van der Waals surface area contributed by atoms with Gasteiger partial charge < -0.3 is 20.9 Å². The molecule has 54 heavy (non-hydrogen) atoms. The van der Waals surface area contributed by atoms with Crippen molar-refractivity contribution in [2.75, 3.05) is 24.7 Å². The monoisotopic (exact) mass is 702 g/mol. The Bertz CT molecular complexity index is 2770. The highest BCUT2D eigenvalue weighted by Crippen LogP contribution is 2.30. The molecule has 4 N–H and O–H groups in total. The van der Waals surface area contributed by atoms with Gasteiger partial charge in [0.05, 0.1) is 24.2 Å². The van der Waals surface area contributed by atoms with Crippen molar-refractivity contribution >= 4 is 55.2 Å². The standard InChI is InChI=1S/2C23H17N3O/c2*1-14-2-6-18-19-12-16(13-25-22(19)23(24)26-20(18)10-14)4-3-15-5-7-21-17(11-15)8-9-27-21/h2*2,5-7,10-13H,8-9H2,1H3,(H2,24,26). The summed E-state index contributed by atoms with van der Waals surface area (Å²) >= 11 is 0. The molecule has 0 spiro atoms. The lowest BCUT2D eigenvalue weighted by Crippen LogP contribution is -1.96. The van der Waals surface area contributed by atoms with E-state index < -0.39 is 0 Å². The second-order valence-corrected chi connectivity index (χ2v) is 13.6. The number of hydrogen-bond acceptors (Lipinski definition) is 8. The van der Waals surface area contributed by atoms with Crippen molar-refractivity contribution < 1.29 is 9.47 Å². The van der Waals surface area contributed by atoms with E-state index in [9.17, 15) is 0 Å². The van der Waals surface area contributed by atoms with Gasteiger partial charge in [-0.05, 0) is 96.8 Å². The van der Waals surface area contributed by atoms with Crippen LogP contribution in [0.15, 0.2) is 97.3 Å². The topological polar surface area (TPSA) is 122 Å². The minimum absolute atomic E-state index is 0.446. The number of nitrogens with zero attached hydrogens (tertiary/aromatic N) is 4. The maximum absolute atomic E-state index is 6.12. The van der Waals surface area contributed by atoms with Gasteiger partial charge in [0.2, 0.25) is 0 Å². The van der Waals surface area contributed by atoms with Crippen molar-refractivity contribution in [3.05, 3.63) is 142 Å². The summed E-state index contributed by atoms with van der Waals surface area (Å²) in [7, 11) is 0. The van der Waals surface area contributed by atoms with E-state index in [2.05, 4.69) is 80.0 Å². The molecule has 6 heterocycles. The van der Waals surface area contributed by atoms with Crippen molar-refractivity contribution in [2.45, 2.75) is 26.7 Å². The van der Waals surface area contributed by atoms with Crippen LogP contribution in [0.3, 0.4) is 0 Å². The van der Waals surface area contributed by atoms with Crippen LogP contribution in [0.5, 0.6) is 11.5 Å². The Morgan fingerprint density at radius 1 is 0.500 bits per heavy atom. The third kappa shape index (κ3) is 6.31. The third-order valence-electron chi connectivity index (χ3n) is 9.71. The maximum Gasteiger partial charge on any atom is 0.150 e. The molecule has 0 fully saturated rings. The molecule has 2 aliphatic heterocycles. The lowest BCUT2D eigenvalue weighted by atomic mass is 10.1. The fourth-order valence-electron chi connectivity index (χ4n) is 6.99. The van der Waals surface area contributed by atoms with Crippen molar-refractivity contribution in [1.29, 1.82) is 0 Å². The molecule has 0 radical (unpaired) electrons. The van der Waals surface area contributed by atoms with Crippen LogP contribution in [0.4, 0.5) is 11.6 Å². The quantitative estimate of drug-likeness (QED) is 0.120. The zero-order chi connectivity index (χ0) is 36.8. The summed E-state index contributed by atoms with van der Waals surface area (Å²) in [5.41, 5.74) is 23.8. The summed E-state index contributed by atoms with van der Waals surface area (Å²) in [5, 5.41) is 4.03. The van der Waals surface area contributed by atoms with Crippen LogP contribution in [0.25, 0.3) is 43.6 Å². The van der Waals surface area contributed by atoms with Crippen LogP contribution >= 0.6 is 0 Å². The third-order valence-corrected chi connectivity index (χ3v) is 9.71. The highest BCUT2D eigenvalue weighted by molar-refractivity contribution is 6.09. The predicted molar refractivity (Wildman–Crippen MR) is 216 cm³/mol. The number of ether oxygens (including phenoxy) is 2. The number of aromatic nitrogens is 4. The molecule has 0 saturated heterocycles. The fourth-order valence-corrected chi connectivity index (χ4v) is 6.99. The molecular weight excluding hydrogens is 669 g/mol. The van der Waals surface area contributed by atoms with Crippen molar-refractivity contribution in [2.24, 2.45) is 0 Å². The Morgan fingerprint density at radius 2 is 0.944 bits per heavy atom. The largest absolute Gasteiger partial charge is 0.493 e. The summed E-state index contributed by atoms with van der Waals surface area (Å²) in [6.45, 7) is 5.60. The molecule has 260 valence electrons. The highest BCUT2D eigenvalue weighted by Gasteiger charge is 2.13. The van der Waals surface area contributed by atoms with Crippen LogP contribution in [0, 0.1) is 37.5 Å². The first-order valence-corrected chi connectivity index (χ1v) is 17.8. The van der Waals surface area contributed by atoms with Crippen LogP contribution < -0.4 is 20.9 Å². The smallest absolute Gasteiger partial charge is 0.150 e. The van der Waals surface area contributed by atoms with Gasteiger partial charge in [-0.25, -0.2) is 9.97 Å². The SMILES string of the molecule is Cc1ccc2c(c1)nc(N)c1ncc(C#Cc3ccc4c(c3)CCO4)cc12.Cc1ccc2c(c1)nc(N)c1ncc(C#Cc3ccc4c(c3)CCO4)cc12. The molecule has 4 aromatic heterocycles. The minimum atomic E-state index is 0.446. The molecule has 0 atom stereocenters. The minimum Gasteiger partial charge on any atom is -0.493 e. The number of nitrogens with two attached hydrogens (primary N) is 2. The highest BCUT2D eigenvalue weighted by atomic mass is 16.5. The molecule has 2 aliphatic rings. The molecule has 10 rings (SSSR count). The number of benzene rings is 4. The summed E-state index contributed by atoms with van der Waals surface area (Å²) in [6, 6.07) is 28.6. The van der Waals surface area contributed by atoms with E-state index >= 15 is 0 Å². The predicted octanol–water partition coefficient (Wildman–Crippen LogP) is 8.02. The Labute approximate surface area is 312 Å². The Morgan fingerprint density at radius 3 is 1.41 bits per heavy atom. The fraction of sp³-hybridized carbons (Fsp3) is 0.130. The number of aryl methyl sites for hydroxylation is 2. The van der Waals surface area contributed by atoms with Gasteiger partial charge in [-0.1, -0.05) is 47.9 Å². The number of pyridine rings is 4. The van der Waals surface area contributed by atoms with Gasteiger partial charge >= 0.3 is 0 Å². The zero-order valence-corrected chi connectivity index (χ0v) is 29.8. The van der Waals surface area contributed by atoms with E-state index in [1.54, 1.807) is 12.4 Å². The van der Waals surface area contributed by atoms with Crippen LogP contribution in [0.2, 0.25) is 0 Å². The molecule has 0 aliphatic carbocycles. The van der Waals surface area contributed by atoms with Crippen molar-refractivity contribution in [3.63, 3.8) is 0 Å². The average Bonchev–Trinajstić information content (AvgIpc) is 3.86. The van der Waals surface area contributed by atoms with Gasteiger partial charge in [0.25, 0.3) is 0 Å². The molecule has 0 amide bonds. The van der Waals surface area contributed by atoms with Gasteiger partial charge in [0, 0.05) is 69.0 Å². The van der Waals surface area contributed by atoms with Crippen molar-refractivity contribution in [1.82, 2.24) is 19.9 Å². The van der Waals surface area contributed by atoms with E-state index in [-0.39, 0.29) is 0 Å². The second kappa shape index (κ2) is 13.4. The van der Waals surface area contributed by atoms with Gasteiger partial charge in [-0.15, -0.1) is 0 Å². The van der Waals surface area contributed by atoms with Crippen LogP contribution in [-0.4, -0.2) is 33.1 Å². The maximum atomic E-state index is 6.12. The lowest BCUT2D eigenvalue weighted by Gasteiger charge is -2.07. The summed E-state index contributed by atoms with van der Waals surface area (Å²) < 4.78 is 11.1. The normalized spacial score (nSPS) is 12.5. The van der Waals surface area contributed by atoms with Crippen molar-refractivity contribution in [3.8, 4) is 35.2 Å². The Hall–Kier alpha value is -7.16. The van der Waals surface area contributed by atoms with Gasteiger partial charge in [0.15, 0.2) is 11.6 Å². The number of fused-ring (bicyclic) bond motifs is 8. The lowest BCUT2D eigenvalue weighted by molar-refractivity contribution is 0.356. The summed E-state index contributed by atoms with van der Waals surface area (Å²) in [4.78, 5) is 18.0. The van der Waals surface area contributed by atoms with Gasteiger partial charge in [-0.3, -0.25) is 9.97 Å². The van der Waals surface area contributed by atoms with Gasteiger partial charge in [-0.2, -0.15) is 0 Å². The van der Waals surface area contributed by atoms with Gasteiger partial charge in [0.1, 0.15) is 22.5 Å². The summed E-state index contributed by atoms with van der Waals surface area (Å²) in [5.74, 6) is 15.8. The van der Waals surface area contributed by atoms with E-state index in [1.165, 1.54) is 11.1 Å². The Kier molecular flexibility index (Phi) is 8.14. The van der Waals surface area contributed by atoms with E-state index in [0.29, 0.717) is 22.7 Å². The molecule has 8 aromatic rings. The number of nitrogen functional groups attached to an aromatic ring is 2. The number of hydrogen-bond donors (Lipinski definition) is 2. The molecule has 0 saturated carbocycles. The van der Waals surface area contributed by atoms with Crippen LogP contribution in [-0.2, 0) is 12.8 Å². The Balaban J connectivity index is 0.000000142. The van der Waals surface area contributed by atoms with E-state index in [0.717, 1.165) is 104 Å². The molecule has 8 nitrogen and oxygen atoms in total. The number of anilines is 2. The molecular formula is C46H34N6O2. The first-order valence-electron chi connectivity index (χ1n) is 17.8. The summed E-state index contributed by atoms with van der Waals surface area (Å²) in [6.07, 6.45) is 5.40. The van der Waals surface area contributed by atoms with E-state index in [4.69, 9.17) is 20.9 Å². The average molecular weight is 703 g/mol. The molecule has 8 heteroatoms. The number of rotatable bonds is 0. The molecule has 0 unspecified atom stereocenters. The molecule has 4 aromatic carbocycles. The first-order chi connectivity index (χ1) is 26.3.